The van der Waals surface area contributed by atoms with Crippen LogP contribution in [-0.2, 0) is 4.79 Å². The zero-order valence-corrected chi connectivity index (χ0v) is 13.2. The Bertz CT molecular complexity index is 665. The molecule has 106 valence electrons. The Morgan fingerprint density at radius 2 is 2.25 bits per heavy atom. The highest BCUT2D eigenvalue weighted by Crippen LogP contribution is 2.34. The number of rotatable bonds is 2. The van der Waals surface area contributed by atoms with Gasteiger partial charge in [0.25, 0.3) is 0 Å². The fourth-order valence-electron chi connectivity index (χ4n) is 2.95. The van der Waals surface area contributed by atoms with E-state index in [-0.39, 0.29) is 0 Å². The van der Waals surface area contributed by atoms with Gasteiger partial charge in [-0.1, -0.05) is 6.92 Å². The van der Waals surface area contributed by atoms with Gasteiger partial charge in [0.2, 0.25) is 0 Å². The van der Waals surface area contributed by atoms with Crippen LogP contribution in [0.3, 0.4) is 0 Å². The summed E-state index contributed by atoms with van der Waals surface area (Å²) in [6.07, 6.45) is 4.27. The van der Waals surface area contributed by atoms with E-state index in [0.29, 0.717) is 30.6 Å². The number of halogens is 1. The van der Waals surface area contributed by atoms with E-state index in [9.17, 15) is 4.79 Å². The second-order valence-corrected chi connectivity index (χ2v) is 6.34. The SMILES string of the molecule is COc1cc2nn([C@@H]3CCC(=O)C[C@H]3C)cc2cc1Br. The molecule has 20 heavy (non-hydrogen) atoms. The van der Waals surface area contributed by atoms with Crippen LogP contribution in [0.4, 0.5) is 0 Å². The molecule has 1 fully saturated rings. The number of hydrogen-bond acceptors (Lipinski definition) is 3. The first-order chi connectivity index (χ1) is 9.58. The molecule has 0 N–H and O–H groups in total. The van der Waals surface area contributed by atoms with Crippen LogP contribution in [0.2, 0.25) is 0 Å². The van der Waals surface area contributed by atoms with Gasteiger partial charge in [-0.15, -0.1) is 0 Å². The van der Waals surface area contributed by atoms with Crippen molar-refractivity contribution in [2.45, 2.75) is 32.2 Å². The first kappa shape index (κ1) is 13.6. The van der Waals surface area contributed by atoms with Gasteiger partial charge >= 0.3 is 0 Å². The Morgan fingerprint density at radius 1 is 1.45 bits per heavy atom. The van der Waals surface area contributed by atoms with Crippen molar-refractivity contribution in [1.82, 2.24) is 9.78 Å². The van der Waals surface area contributed by atoms with Gasteiger partial charge < -0.3 is 4.74 Å². The fraction of sp³-hybridized carbons (Fsp3) is 0.467. The summed E-state index contributed by atoms with van der Waals surface area (Å²) in [5.41, 5.74) is 0.925. The predicted molar refractivity (Wildman–Crippen MR) is 81.0 cm³/mol. The van der Waals surface area contributed by atoms with Gasteiger partial charge in [-0.3, -0.25) is 9.48 Å². The number of aromatic nitrogens is 2. The topological polar surface area (TPSA) is 44.1 Å². The number of fused-ring (bicyclic) bond motifs is 1. The van der Waals surface area contributed by atoms with Crippen LogP contribution in [0.15, 0.2) is 22.8 Å². The van der Waals surface area contributed by atoms with E-state index in [1.54, 1.807) is 7.11 Å². The highest BCUT2D eigenvalue weighted by molar-refractivity contribution is 9.10. The number of nitrogens with zero attached hydrogens (tertiary/aromatic N) is 2. The van der Waals surface area contributed by atoms with Gasteiger partial charge in [0, 0.05) is 30.5 Å². The second kappa shape index (κ2) is 5.20. The minimum atomic E-state index is 0.310. The highest BCUT2D eigenvalue weighted by Gasteiger charge is 2.28. The zero-order valence-electron chi connectivity index (χ0n) is 11.6. The molecule has 4 nitrogen and oxygen atoms in total. The molecule has 0 amide bonds. The Balaban J connectivity index is 1.98. The first-order valence-corrected chi connectivity index (χ1v) is 7.62. The number of ketones is 1. The molecule has 0 unspecified atom stereocenters. The van der Waals surface area contributed by atoms with E-state index in [2.05, 4.69) is 34.1 Å². The van der Waals surface area contributed by atoms with E-state index in [1.807, 2.05) is 16.8 Å². The first-order valence-electron chi connectivity index (χ1n) is 6.82. The second-order valence-electron chi connectivity index (χ2n) is 5.48. The van der Waals surface area contributed by atoms with E-state index in [1.165, 1.54) is 0 Å². The third-order valence-corrected chi connectivity index (χ3v) is 4.68. The summed E-state index contributed by atoms with van der Waals surface area (Å²) in [7, 11) is 1.65. The third-order valence-electron chi connectivity index (χ3n) is 4.06. The van der Waals surface area contributed by atoms with Crippen LogP contribution in [-0.4, -0.2) is 22.7 Å². The number of carbonyl (C=O) groups is 1. The predicted octanol–water partition coefficient (Wildman–Crippen LogP) is 3.74. The Kier molecular flexibility index (Phi) is 3.54. The average molecular weight is 337 g/mol. The molecule has 2 atom stereocenters. The van der Waals surface area contributed by atoms with Crippen molar-refractivity contribution < 1.29 is 9.53 Å². The van der Waals surface area contributed by atoms with Crippen molar-refractivity contribution in [3.05, 3.63) is 22.8 Å². The number of ether oxygens (including phenoxy) is 1. The van der Waals surface area contributed by atoms with Gasteiger partial charge in [-0.25, -0.2) is 0 Å². The summed E-state index contributed by atoms with van der Waals surface area (Å²) in [5.74, 6) is 1.50. The molecular weight excluding hydrogens is 320 g/mol. The maximum atomic E-state index is 11.5. The molecule has 1 saturated carbocycles. The number of Topliss-reactive ketones (excluding diaryl/α,β-unsaturated/α-hetero) is 1. The van der Waals surface area contributed by atoms with Gasteiger partial charge in [0.05, 0.1) is 23.1 Å². The number of carbonyl (C=O) groups excluding carboxylic acids is 1. The Hall–Kier alpha value is -1.36. The summed E-state index contributed by atoms with van der Waals surface area (Å²) in [5, 5.41) is 5.75. The maximum Gasteiger partial charge on any atom is 0.135 e. The summed E-state index contributed by atoms with van der Waals surface area (Å²) in [4.78, 5) is 11.5. The molecule has 1 aromatic carbocycles. The lowest BCUT2D eigenvalue weighted by atomic mass is 9.85. The van der Waals surface area contributed by atoms with E-state index in [0.717, 1.165) is 27.5 Å². The highest BCUT2D eigenvalue weighted by atomic mass is 79.9. The van der Waals surface area contributed by atoms with Crippen LogP contribution in [0.5, 0.6) is 5.75 Å². The summed E-state index contributed by atoms with van der Waals surface area (Å²) < 4.78 is 8.25. The van der Waals surface area contributed by atoms with Crippen molar-refractivity contribution in [1.29, 1.82) is 0 Å². The third kappa shape index (κ3) is 2.35. The van der Waals surface area contributed by atoms with Crippen molar-refractivity contribution >= 4 is 32.6 Å². The minimum Gasteiger partial charge on any atom is -0.495 e. The lowest BCUT2D eigenvalue weighted by Crippen LogP contribution is -2.26. The van der Waals surface area contributed by atoms with Gasteiger partial charge in [0.15, 0.2) is 0 Å². The zero-order chi connectivity index (χ0) is 14.3. The smallest absolute Gasteiger partial charge is 0.135 e. The van der Waals surface area contributed by atoms with Crippen LogP contribution >= 0.6 is 15.9 Å². The molecule has 1 aliphatic rings. The number of methoxy groups -OCH3 is 1. The molecule has 1 heterocycles. The van der Waals surface area contributed by atoms with Crippen LogP contribution in [0.1, 0.15) is 32.2 Å². The quantitative estimate of drug-likeness (QED) is 0.839. The largest absolute Gasteiger partial charge is 0.495 e. The average Bonchev–Trinajstić information content (AvgIpc) is 2.79. The molecule has 0 saturated heterocycles. The molecule has 5 heteroatoms. The van der Waals surface area contributed by atoms with Crippen molar-refractivity contribution in [2.24, 2.45) is 5.92 Å². The van der Waals surface area contributed by atoms with Gasteiger partial charge in [-0.05, 0) is 34.3 Å². The van der Waals surface area contributed by atoms with E-state index < -0.39 is 0 Å². The van der Waals surface area contributed by atoms with Crippen LogP contribution in [0, 0.1) is 5.92 Å². The molecule has 3 rings (SSSR count). The van der Waals surface area contributed by atoms with Gasteiger partial charge in [0.1, 0.15) is 11.5 Å². The van der Waals surface area contributed by atoms with Crippen molar-refractivity contribution in [3.63, 3.8) is 0 Å². The van der Waals surface area contributed by atoms with Crippen molar-refractivity contribution in [2.75, 3.05) is 7.11 Å². The normalized spacial score (nSPS) is 23.2. The minimum absolute atomic E-state index is 0.310. The van der Waals surface area contributed by atoms with Gasteiger partial charge in [-0.2, -0.15) is 5.10 Å². The Labute approximate surface area is 126 Å². The number of hydrogen-bond donors (Lipinski definition) is 0. The standard InChI is InChI=1S/C15H17BrN2O2/c1-9-5-11(19)3-4-14(9)18-8-10-6-12(16)15(20-2)7-13(10)17-18/h6-9,14H,3-5H2,1-2H3/t9-,14-/m1/s1. The van der Waals surface area contributed by atoms with E-state index in [4.69, 9.17) is 4.74 Å². The Morgan fingerprint density at radius 3 is 2.95 bits per heavy atom. The van der Waals surface area contributed by atoms with Crippen LogP contribution < -0.4 is 4.74 Å². The fourth-order valence-corrected chi connectivity index (χ4v) is 3.48. The molecular formula is C15H17BrN2O2. The lowest BCUT2D eigenvalue weighted by Gasteiger charge is -2.28. The molecule has 0 bridgehead atoms. The summed E-state index contributed by atoms with van der Waals surface area (Å²) in [6.45, 7) is 2.13. The summed E-state index contributed by atoms with van der Waals surface area (Å²) >= 11 is 3.50. The lowest BCUT2D eigenvalue weighted by molar-refractivity contribution is -0.122. The van der Waals surface area contributed by atoms with Crippen LogP contribution in [0.25, 0.3) is 10.9 Å². The molecule has 0 spiro atoms. The maximum absolute atomic E-state index is 11.5. The molecule has 0 radical (unpaired) electrons. The molecule has 1 aliphatic carbocycles. The van der Waals surface area contributed by atoms with Crippen molar-refractivity contribution in [3.8, 4) is 5.75 Å². The summed E-state index contributed by atoms with van der Waals surface area (Å²) in [6, 6.07) is 4.27. The molecule has 2 aromatic rings. The molecule has 1 aromatic heterocycles. The number of benzene rings is 1. The monoisotopic (exact) mass is 336 g/mol. The molecule has 0 aliphatic heterocycles. The van der Waals surface area contributed by atoms with E-state index >= 15 is 0 Å².